The lowest BCUT2D eigenvalue weighted by molar-refractivity contribution is -0.148. The Kier molecular flexibility index (Phi) is 5.16. The van der Waals surface area contributed by atoms with Crippen molar-refractivity contribution in [1.29, 1.82) is 0 Å². The third kappa shape index (κ3) is 3.65. The van der Waals surface area contributed by atoms with Gasteiger partial charge in [-0.2, -0.15) is 0 Å². The molecule has 0 saturated carbocycles. The third-order valence-corrected chi connectivity index (χ3v) is 3.59. The van der Waals surface area contributed by atoms with Gasteiger partial charge in [0.1, 0.15) is 17.9 Å². The molecule has 0 aliphatic carbocycles. The lowest BCUT2D eigenvalue weighted by Gasteiger charge is -2.33. The van der Waals surface area contributed by atoms with Crippen molar-refractivity contribution in [2.75, 3.05) is 19.8 Å². The molecule has 1 aliphatic heterocycles. The Morgan fingerprint density at radius 1 is 1.32 bits per heavy atom. The molecule has 1 saturated heterocycles. The van der Waals surface area contributed by atoms with Crippen LogP contribution in [0, 0.1) is 0 Å². The van der Waals surface area contributed by atoms with Crippen LogP contribution >= 0.6 is 0 Å². The number of benzene rings is 1. The molecule has 1 fully saturated rings. The van der Waals surface area contributed by atoms with Crippen LogP contribution < -0.4 is 10.1 Å². The maximum Gasteiger partial charge on any atom is 0.329 e. The minimum absolute atomic E-state index is 0.259. The Labute approximate surface area is 128 Å². The number of carboxylic acid groups (broad SMARTS) is 1. The van der Waals surface area contributed by atoms with E-state index in [0.717, 1.165) is 0 Å². The van der Waals surface area contributed by atoms with Crippen molar-refractivity contribution in [2.45, 2.75) is 18.4 Å². The molecular formula is C16H19NO5. The van der Waals surface area contributed by atoms with E-state index >= 15 is 0 Å². The van der Waals surface area contributed by atoms with Crippen molar-refractivity contribution >= 4 is 11.9 Å². The Balaban J connectivity index is 2.06. The molecule has 2 N–H and O–H groups in total. The highest BCUT2D eigenvalue weighted by molar-refractivity contribution is 5.98. The quantitative estimate of drug-likeness (QED) is 0.780. The number of rotatable bonds is 6. The maximum atomic E-state index is 12.3. The summed E-state index contributed by atoms with van der Waals surface area (Å²) in [5.74, 6) is -0.829. The van der Waals surface area contributed by atoms with Crippen LogP contribution in [0.2, 0.25) is 0 Å². The molecular weight excluding hydrogens is 286 g/mol. The zero-order chi connectivity index (χ0) is 16.0. The summed E-state index contributed by atoms with van der Waals surface area (Å²) in [6, 6.07) is 6.52. The highest BCUT2D eigenvalue weighted by Gasteiger charge is 2.41. The van der Waals surface area contributed by atoms with E-state index in [1.54, 1.807) is 30.3 Å². The summed E-state index contributed by atoms with van der Waals surface area (Å²) in [6.45, 7) is 4.58. The summed E-state index contributed by atoms with van der Waals surface area (Å²) < 4.78 is 10.5. The van der Waals surface area contributed by atoms with Gasteiger partial charge >= 0.3 is 5.97 Å². The van der Waals surface area contributed by atoms with Crippen molar-refractivity contribution < 1.29 is 24.2 Å². The predicted octanol–water partition coefficient (Wildman–Crippen LogP) is 1.61. The van der Waals surface area contributed by atoms with E-state index in [1.807, 2.05) is 0 Å². The fraction of sp³-hybridized carbons (Fsp3) is 0.375. The smallest absolute Gasteiger partial charge is 0.329 e. The topological polar surface area (TPSA) is 84.9 Å². The number of hydrogen-bond acceptors (Lipinski definition) is 4. The summed E-state index contributed by atoms with van der Waals surface area (Å²) in [6.07, 6.45) is 2.14. The summed E-state index contributed by atoms with van der Waals surface area (Å²) in [4.78, 5) is 23.8. The van der Waals surface area contributed by atoms with E-state index < -0.39 is 17.4 Å². The Morgan fingerprint density at radius 3 is 2.50 bits per heavy atom. The average molecular weight is 305 g/mol. The molecule has 1 amide bonds. The molecule has 0 bridgehead atoms. The van der Waals surface area contributed by atoms with Crippen LogP contribution in [-0.2, 0) is 9.53 Å². The Morgan fingerprint density at radius 2 is 1.95 bits per heavy atom. The van der Waals surface area contributed by atoms with Crippen LogP contribution in [0.15, 0.2) is 36.9 Å². The first-order valence-electron chi connectivity index (χ1n) is 7.05. The normalized spacial score (nSPS) is 16.5. The van der Waals surface area contributed by atoms with Crippen LogP contribution in [0.4, 0.5) is 0 Å². The number of hydrogen-bond donors (Lipinski definition) is 2. The molecule has 0 radical (unpaired) electrons. The highest BCUT2D eigenvalue weighted by atomic mass is 16.5. The summed E-state index contributed by atoms with van der Waals surface area (Å²) >= 11 is 0. The number of aliphatic carboxylic acids is 1. The number of amides is 1. The van der Waals surface area contributed by atoms with Gasteiger partial charge in [0.25, 0.3) is 5.91 Å². The lowest BCUT2D eigenvalue weighted by atomic mass is 9.89. The molecule has 0 unspecified atom stereocenters. The van der Waals surface area contributed by atoms with E-state index in [-0.39, 0.29) is 12.8 Å². The van der Waals surface area contributed by atoms with Crippen molar-refractivity contribution in [3.05, 3.63) is 42.5 Å². The minimum Gasteiger partial charge on any atom is -0.490 e. The van der Waals surface area contributed by atoms with Crippen molar-refractivity contribution in [1.82, 2.24) is 5.32 Å². The zero-order valence-corrected chi connectivity index (χ0v) is 12.2. The third-order valence-electron chi connectivity index (χ3n) is 3.59. The number of ether oxygens (including phenoxy) is 2. The van der Waals surface area contributed by atoms with E-state index in [1.165, 1.54) is 0 Å². The molecule has 1 aromatic rings. The molecule has 1 aromatic carbocycles. The van der Waals surface area contributed by atoms with Gasteiger partial charge in [-0.15, -0.1) is 0 Å². The standard InChI is InChI=1S/C16H19NO5/c1-2-9-22-13-5-3-12(4-6-13)14(18)17-16(15(19)20)7-10-21-11-8-16/h2-6H,1,7-11H2,(H,17,18)(H,19,20). The molecule has 2 rings (SSSR count). The molecule has 118 valence electrons. The SMILES string of the molecule is C=CCOc1ccc(C(=O)NC2(C(=O)O)CCOCC2)cc1. The van der Waals surface area contributed by atoms with Crippen LogP contribution in [0.25, 0.3) is 0 Å². The summed E-state index contributed by atoms with van der Waals surface area (Å²) in [5, 5.41) is 12.1. The van der Waals surface area contributed by atoms with Crippen LogP contribution in [0.1, 0.15) is 23.2 Å². The molecule has 22 heavy (non-hydrogen) atoms. The molecule has 0 aromatic heterocycles. The number of nitrogens with one attached hydrogen (secondary N) is 1. The maximum absolute atomic E-state index is 12.3. The first-order valence-corrected chi connectivity index (χ1v) is 7.05. The Bertz CT molecular complexity index is 546. The van der Waals surface area contributed by atoms with Crippen molar-refractivity contribution in [3.8, 4) is 5.75 Å². The van der Waals surface area contributed by atoms with E-state index in [9.17, 15) is 14.7 Å². The molecule has 1 heterocycles. The second-order valence-corrected chi connectivity index (χ2v) is 5.08. The van der Waals surface area contributed by atoms with Gasteiger partial charge in [0.15, 0.2) is 0 Å². The molecule has 6 nitrogen and oxygen atoms in total. The monoisotopic (exact) mass is 305 g/mol. The first-order chi connectivity index (χ1) is 10.6. The van der Waals surface area contributed by atoms with E-state index in [4.69, 9.17) is 9.47 Å². The predicted molar refractivity (Wildman–Crippen MR) is 80.0 cm³/mol. The molecule has 6 heteroatoms. The van der Waals surface area contributed by atoms with Gasteiger partial charge in [0.2, 0.25) is 0 Å². The second-order valence-electron chi connectivity index (χ2n) is 5.08. The van der Waals surface area contributed by atoms with Gasteiger partial charge in [0, 0.05) is 31.6 Å². The fourth-order valence-electron chi connectivity index (χ4n) is 2.26. The molecule has 1 aliphatic rings. The Hall–Kier alpha value is -2.34. The van der Waals surface area contributed by atoms with E-state index in [2.05, 4.69) is 11.9 Å². The summed E-state index contributed by atoms with van der Waals surface area (Å²) in [5.41, 5.74) is -0.870. The van der Waals surface area contributed by atoms with E-state index in [0.29, 0.717) is 31.1 Å². The largest absolute Gasteiger partial charge is 0.490 e. The fourth-order valence-corrected chi connectivity index (χ4v) is 2.26. The van der Waals surface area contributed by atoms with Gasteiger partial charge in [-0.3, -0.25) is 4.79 Å². The van der Waals surface area contributed by atoms with Gasteiger partial charge in [-0.25, -0.2) is 4.79 Å². The lowest BCUT2D eigenvalue weighted by Crippen LogP contribution is -2.57. The number of carbonyl (C=O) groups excluding carboxylic acids is 1. The second kappa shape index (κ2) is 7.09. The number of carboxylic acids is 1. The van der Waals surface area contributed by atoms with Gasteiger partial charge < -0.3 is 19.9 Å². The molecule has 0 spiro atoms. The highest BCUT2D eigenvalue weighted by Crippen LogP contribution is 2.22. The zero-order valence-electron chi connectivity index (χ0n) is 12.2. The van der Waals surface area contributed by atoms with Crippen LogP contribution in [-0.4, -0.2) is 42.3 Å². The van der Waals surface area contributed by atoms with Crippen LogP contribution in [0.3, 0.4) is 0 Å². The van der Waals surface area contributed by atoms with Crippen molar-refractivity contribution in [3.63, 3.8) is 0 Å². The minimum atomic E-state index is -1.26. The van der Waals surface area contributed by atoms with Gasteiger partial charge in [-0.05, 0) is 24.3 Å². The first kappa shape index (κ1) is 16.0. The van der Waals surface area contributed by atoms with Crippen molar-refractivity contribution in [2.24, 2.45) is 0 Å². The molecule has 0 atom stereocenters. The number of carbonyl (C=O) groups is 2. The van der Waals surface area contributed by atoms with Gasteiger partial charge in [-0.1, -0.05) is 12.7 Å². The average Bonchev–Trinajstić information content (AvgIpc) is 2.54. The summed E-state index contributed by atoms with van der Waals surface area (Å²) in [7, 11) is 0. The van der Waals surface area contributed by atoms with Crippen LogP contribution in [0.5, 0.6) is 5.75 Å². The van der Waals surface area contributed by atoms with Gasteiger partial charge in [0.05, 0.1) is 0 Å².